The van der Waals surface area contributed by atoms with Crippen molar-refractivity contribution in [2.75, 3.05) is 6.54 Å². The summed E-state index contributed by atoms with van der Waals surface area (Å²) in [4.78, 5) is 0. The van der Waals surface area contributed by atoms with Gasteiger partial charge in [0.1, 0.15) is 0 Å². The van der Waals surface area contributed by atoms with Gasteiger partial charge in [-0.1, -0.05) is 42.5 Å². The molecule has 2 aromatic carbocycles. The Kier molecular flexibility index (Phi) is 3.96. The van der Waals surface area contributed by atoms with Gasteiger partial charge in [-0.2, -0.15) is 0 Å². The van der Waals surface area contributed by atoms with E-state index in [-0.39, 0.29) is 5.54 Å². The Balaban J connectivity index is 1.54. The molecule has 2 aliphatic carbocycles. The number of aryl methyl sites for hydroxylation is 3. The molecule has 0 radical (unpaired) electrons. The maximum Gasteiger partial charge on any atom is 0.0350 e. The fourth-order valence-corrected chi connectivity index (χ4v) is 4.23. The Bertz CT molecular complexity index is 692. The Morgan fingerprint density at radius 2 is 1.61 bits per heavy atom. The van der Waals surface area contributed by atoms with E-state index < -0.39 is 0 Å². The molecule has 1 atom stereocenters. The molecule has 2 aliphatic rings. The predicted octanol–water partition coefficient (Wildman–Crippen LogP) is 3.15. The van der Waals surface area contributed by atoms with Gasteiger partial charge in [-0.15, -0.1) is 0 Å². The van der Waals surface area contributed by atoms with E-state index in [1.165, 1.54) is 30.4 Å². The van der Waals surface area contributed by atoms with Crippen LogP contribution in [0.3, 0.4) is 0 Å². The number of hydrogen-bond acceptors (Lipinski definition) is 2. The molecule has 0 saturated carbocycles. The molecular formula is C21H26N2. The number of nitrogens with two attached hydrogens (primary N) is 1. The zero-order valence-electron chi connectivity index (χ0n) is 13.8. The highest BCUT2D eigenvalue weighted by Gasteiger charge is 2.33. The quantitative estimate of drug-likeness (QED) is 0.910. The highest BCUT2D eigenvalue weighted by Crippen LogP contribution is 2.33. The summed E-state index contributed by atoms with van der Waals surface area (Å²) in [6.07, 6.45) is 7.22. The van der Waals surface area contributed by atoms with Gasteiger partial charge in [0.25, 0.3) is 0 Å². The van der Waals surface area contributed by atoms with Crippen molar-refractivity contribution in [2.45, 2.75) is 50.6 Å². The second kappa shape index (κ2) is 6.10. The van der Waals surface area contributed by atoms with Gasteiger partial charge < -0.3 is 11.1 Å². The van der Waals surface area contributed by atoms with E-state index in [1.807, 2.05) is 0 Å². The lowest BCUT2D eigenvalue weighted by atomic mass is 9.76. The molecule has 4 rings (SSSR count). The monoisotopic (exact) mass is 306 g/mol. The molecule has 0 bridgehead atoms. The van der Waals surface area contributed by atoms with Crippen LogP contribution in [0.5, 0.6) is 0 Å². The first-order valence-corrected chi connectivity index (χ1v) is 8.91. The summed E-state index contributed by atoms with van der Waals surface area (Å²) >= 11 is 0. The fraction of sp³-hybridized carbons (Fsp3) is 0.429. The zero-order chi connectivity index (χ0) is 15.7. The molecule has 0 aliphatic heterocycles. The fourth-order valence-electron chi connectivity index (χ4n) is 4.23. The van der Waals surface area contributed by atoms with Gasteiger partial charge in [-0.3, -0.25) is 0 Å². The molecule has 120 valence electrons. The van der Waals surface area contributed by atoms with E-state index in [9.17, 15) is 0 Å². The van der Waals surface area contributed by atoms with E-state index in [0.717, 1.165) is 25.8 Å². The first kappa shape index (κ1) is 14.9. The maximum atomic E-state index is 6.21. The lowest BCUT2D eigenvalue weighted by Gasteiger charge is -2.39. The van der Waals surface area contributed by atoms with Crippen molar-refractivity contribution in [1.29, 1.82) is 0 Å². The average Bonchev–Trinajstić information content (AvgIpc) is 3.06. The standard InChI is InChI=1S/C21H26N2/c22-15-21(23-14-16-5-2-1-3-6-16)10-9-19-11-17-7-4-8-18(17)12-20(19)13-21/h1-3,5-6,11-12,23H,4,7-10,13-15,22H2. The third kappa shape index (κ3) is 2.93. The first-order valence-electron chi connectivity index (χ1n) is 8.91. The van der Waals surface area contributed by atoms with Gasteiger partial charge in [0.15, 0.2) is 0 Å². The minimum absolute atomic E-state index is 0.0513. The molecule has 2 heteroatoms. The molecule has 2 nitrogen and oxygen atoms in total. The zero-order valence-corrected chi connectivity index (χ0v) is 13.8. The Hall–Kier alpha value is -1.64. The molecule has 0 heterocycles. The minimum Gasteiger partial charge on any atom is -0.329 e. The van der Waals surface area contributed by atoms with Crippen molar-refractivity contribution in [3.63, 3.8) is 0 Å². The van der Waals surface area contributed by atoms with Crippen LogP contribution in [0.1, 0.15) is 40.7 Å². The SMILES string of the molecule is NCC1(NCc2ccccc2)CCc2cc3c(cc2C1)CCC3. The average molecular weight is 306 g/mol. The van der Waals surface area contributed by atoms with Crippen LogP contribution in [0.25, 0.3) is 0 Å². The highest BCUT2D eigenvalue weighted by atomic mass is 15.0. The van der Waals surface area contributed by atoms with Gasteiger partial charge in [0.2, 0.25) is 0 Å². The summed E-state index contributed by atoms with van der Waals surface area (Å²) in [5.41, 5.74) is 13.9. The van der Waals surface area contributed by atoms with Crippen LogP contribution < -0.4 is 11.1 Å². The van der Waals surface area contributed by atoms with Gasteiger partial charge in [-0.25, -0.2) is 0 Å². The van der Waals surface area contributed by atoms with Crippen molar-refractivity contribution >= 4 is 0 Å². The molecule has 0 spiro atoms. The van der Waals surface area contributed by atoms with Crippen molar-refractivity contribution in [1.82, 2.24) is 5.32 Å². The molecule has 0 aromatic heterocycles. The molecule has 1 unspecified atom stereocenters. The lowest BCUT2D eigenvalue weighted by molar-refractivity contribution is 0.291. The van der Waals surface area contributed by atoms with Crippen LogP contribution >= 0.6 is 0 Å². The Labute approximate surface area is 139 Å². The minimum atomic E-state index is 0.0513. The predicted molar refractivity (Wildman–Crippen MR) is 95.6 cm³/mol. The molecule has 0 fully saturated rings. The third-order valence-electron chi connectivity index (χ3n) is 5.72. The van der Waals surface area contributed by atoms with Gasteiger partial charge in [0.05, 0.1) is 0 Å². The Morgan fingerprint density at radius 3 is 2.35 bits per heavy atom. The summed E-state index contributed by atoms with van der Waals surface area (Å²) in [5.74, 6) is 0. The van der Waals surface area contributed by atoms with Gasteiger partial charge in [0, 0.05) is 18.6 Å². The van der Waals surface area contributed by atoms with Crippen molar-refractivity contribution in [3.05, 3.63) is 70.3 Å². The normalized spacial score (nSPS) is 22.7. The number of nitrogens with one attached hydrogen (secondary N) is 1. The number of rotatable bonds is 4. The number of fused-ring (bicyclic) bond motifs is 2. The smallest absolute Gasteiger partial charge is 0.0350 e. The van der Waals surface area contributed by atoms with Crippen LogP contribution in [-0.4, -0.2) is 12.1 Å². The Morgan fingerprint density at radius 1 is 0.913 bits per heavy atom. The summed E-state index contributed by atoms with van der Waals surface area (Å²) < 4.78 is 0. The topological polar surface area (TPSA) is 38.0 Å². The molecule has 0 saturated heterocycles. The second-order valence-corrected chi connectivity index (χ2v) is 7.24. The first-order chi connectivity index (χ1) is 11.3. The summed E-state index contributed by atoms with van der Waals surface area (Å²) in [5, 5.41) is 3.78. The third-order valence-corrected chi connectivity index (χ3v) is 5.72. The molecule has 0 amide bonds. The van der Waals surface area contributed by atoms with Crippen molar-refractivity contribution in [3.8, 4) is 0 Å². The summed E-state index contributed by atoms with van der Waals surface area (Å²) in [7, 11) is 0. The lowest BCUT2D eigenvalue weighted by Crippen LogP contribution is -2.54. The molecule has 23 heavy (non-hydrogen) atoms. The number of benzene rings is 2. The summed E-state index contributed by atoms with van der Waals surface area (Å²) in [6.45, 7) is 1.61. The van der Waals surface area contributed by atoms with Crippen LogP contribution in [0.4, 0.5) is 0 Å². The van der Waals surface area contributed by atoms with E-state index in [2.05, 4.69) is 47.8 Å². The maximum absolute atomic E-state index is 6.21. The van der Waals surface area contributed by atoms with E-state index >= 15 is 0 Å². The van der Waals surface area contributed by atoms with Crippen LogP contribution in [-0.2, 0) is 32.2 Å². The summed E-state index contributed by atoms with van der Waals surface area (Å²) in [6, 6.07) is 15.6. The largest absolute Gasteiger partial charge is 0.329 e. The van der Waals surface area contributed by atoms with Crippen LogP contribution in [0.2, 0.25) is 0 Å². The van der Waals surface area contributed by atoms with Crippen LogP contribution in [0.15, 0.2) is 42.5 Å². The van der Waals surface area contributed by atoms with E-state index in [1.54, 1.807) is 16.7 Å². The van der Waals surface area contributed by atoms with E-state index in [4.69, 9.17) is 5.73 Å². The van der Waals surface area contributed by atoms with Gasteiger partial charge in [-0.05, 0) is 66.3 Å². The van der Waals surface area contributed by atoms with Crippen molar-refractivity contribution in [2.24, 2.45) is 5.73 Å². The van der Waals surface area contributed by atoms with E-state index in [0.29, 0.717) is 6.54 Å². The molecule has 2 aromatic rings. The molecule has 3 N–H and O–H groups in total. The molecular weight excluding hydrogens is 280 g/mol. The number of hydrogen-bond donors (Lipinski definition) is 2. The van der Waals surface area contributed by atoms with Crippen LogP contribution in [0, 0.1) is 0 Å². The van der Waals surface area contributed by atoms with Gasteiger partial charge >= 0.3 is 0 Å². The second-order valence-electron chi connectivity index (χ2n) is 7.24. The van der Waals surface area contributed by atoms with Crippen molar-refractivity contribution < 1.29 is 0 Å². The highest BCUT2D eigenvalue weighted by molar-refractivity contribution is 5.43.